The number of halogens is 2. The van der Waals surface area contributed by atoms with Crippen molar-refractivity contribution in [2.45, 2.75) is 19.5 Å². The first-order valence-electron chi connectivity index (χ1n) is 6.18. The molecule has 0 saturated heterocycles. The molecule has 0 saturated carbocycles. The molecule has 112 valence electrons. The van der Waals surface area contributed by atoms with Gasteiger partial charge in [0, 0.05) is 17.6 Å². The number of carboxylic acids is 1. The molecule has 1 aromatic carbocycles. The highest BCUT2D eigenvalue weighted by atomic mass is 35.5. The lowest BCUT2D eigenvalue weighted by atomic mass is 10.1. The van der Waals surface area contributed by atoms with E-state index in [0.29, 0.717) is 22.2 Å². The van der Waals surface area contributed by atoms with Crippen LogP contribution in [0.1, 0.15) is 21.5 Å². The second kappa shape index (κ2) is 6.75. The molecule has 1 heterocycles. The molecule has 0 spiro atoms. The van der Waals surface area contributed by atoms with Crippen molar-refractivity contribution in [1.29, 1.82) is 0 Å². The molecule has 7 heteroatoms. The summed E-state index contributed by atoms with van der Waals surface area (Å²) in [5.74, 6) is -0.933. The van der Waals surface area contributed by atoms with E-state index < -0.39 is 12.0 Å². The molecule has 21 heavy (non-hydrogen) atoms. The molecule has 0 amide bonds. The highest BCUT2D eigenvalue weighted by Crippen LogP contribution is 2.29. The van der Waals surface area contributed by atoms with Crippen LogP contribution in [0.4, 0.5) is 0 Å². The van der Waals surface area contributed by atoms with Gasteiger partial charge in [0.15, 0.2) is 0 Å². The first kappa shape index (κ1) is 16.2. The molecule has 0 aliphatic heterocycles. The van der Waals surface area contributed by atoms with Gasteiger partial charge in [-0.3, -0.25) is 9.69 Å². The molecule has 4 nitrogen and oxygen atoms in total. The van der Waals surface area contributed by atoms with Crippen LogP contribution in [0.15, 0.2) is 24.4 Å². The SMILES string of the molecule is Cc1ncc(CN(C)C(C(=O)O)c2ccc(Cl)c(Cl)c2)s1. The van der Waals surface area contributed by atoms with Gasteiger partial charge in [-0.2, -0.15) is 0 Å². The largest absolute Gasteiger partial charge is 0.480 e. The van der Waals surface area contributed by atoms with Crippen molar-refractivity contribution in [2.24, 2.45) is 0 Å². The van der Waals surface area contributed by atoms with Gasteiger partial charge in [-0.15, -0.1) is 11.3 Å². The standard InChI is InChI=1S/C14H14Cl2N2O2S/c1-8-17-6-10(21-8)7-18(2)13(14(19)20)9-3-4-11(15)12(16)5-9/h3-6,13H,7H2,1-2H3,(H,19,20). The van der Waals surface area contributed by atoms with Gasteiger partial charge >= 0.3 is 5.97 Å². The Bertz CT molecular complexity index is 660. The summed E-state index contributed by atoms with van der Waals surface area (Å²) in [4.78, 5) is 18.5. The fraction of sp³-hybridized carbons (Fsp3) is 0.286. The lowest BCUT2D eigenvalue weighted by Crippen LogP contribution is -2.30. The van der Waals surface area contributed by atoms with E-state index in [2.05, 4.69) is 4.98 Å². The van der Waals surface area contributed by atoms with Crippen LogP contribution in [0, 0.1) is 6.92 Å². The molecule has 2 rings (SSSR count). The van der Waals surface area contributed by atoms with Gasteiger partial charge in [0.2, 0.25) is 0 Å². The van der Waals surface area contributed by atoms with Crippen LogP contribution >= 0.6 is 34.5 Å². The number of hydrogen-bond donors (Lipinski definition) is 1. The summed E-state index contributed by atoms with van der Waals surface area (Å²) in [7, 11) is 1.76. The third-order valence-corrected chi connectivity index (χ3v) is 4.65. The Morgan fingerprint density at radius 2 is 2.14 bits per heavy atom. The molecule has 0 aliphatic rings. The molecular weight excluding hydrogens is 331 g/mol. The van der Waals surface area contributed by atoms with Crippen LogP contribution in [0.2, 0.25) is 10.0 Å². The number of aryl methyl sites for hydroxylation is 1. The third kappa shape index (κ3) is 3.95. The Balaban J connectivity index is 2.25. The maximum absolute atomic E-state index is 11.6. The summed E-state index contributed by atoms with van der Waals surface area (Å²) >= 11 is 13.4. The molecule has 1 aromatic heterocycles. The summed E-state index contributed by atoms with van der Waals surface area (Å²) in [5, 5.41) is 11.2. The zero-order chi connectivity index (χ0) is 15.6. The van der Waals surface area contributed by atoms with E-state index in [1.807, 2.05) is 6.92 Å². The van der Waals surface area contributed by atoms with E-state index in [9.17, 15) is 9.90 Å². The van der Waals surface area contributed by atoms with E-state index in [1.165, 1.54) is 0 Å². The van der Waals surface area contributed by atoms with Gasteiger partial charge < -0.3 is 5.11 Å². The van der Waals surface area contributed by atoms with E-state index >= 15 is 0 Å². The minimum Gasteiger partial charge on any atom is -0.480 e. The molecule has 0 fully saturated rings. The predicted molar refractivity (Wildman–Crippen MR) is 85.2 cm³/mol. The average molecular weight is 345 g/mol. The van der Waals surface area contributed by atoms with Crippen molar-refractivity contribution in [1.82, 2.24) is 9.88 Å². The van der Waals surface area contributed by atoms with Crippen LogP contribution < -0.4 is 0 Å². The van der Waals surface area contributed by atoms with Crippen LogP contribution in [0.3, 0.4) is 0 Å². The van der Waals surface area contributed by atoms with E-state index in [0.717, 1.165) is 9.88 Å². The predicted octanol–water partition coefficient (Wildman–Crippen LogP) is 4.02. The maximum atomic E-state index is 11.6. The van der Waals surface area contributed by atoms with E-state index in [-0.39, 0.29) is 0 Å². The van der Waals surface area contributed by atoms with Crippen molar-refractivity contribution >= 4 is 40.5 Å². The molecule has 1 N–H and O–H groups in total. The Hall–Kier alpha value is -1.14. The minimum atomic E-state index is -0.933. The van der Waals surface area contributed by atoms with Crippen molar-refractivity contribution in [3.8, 4) is 0 Å². The molecule has 1 atom stereocenters. The summed E-state index contributed by atoms with van der Waals surface area (Å²) in [6, 6.07) is 4.10. The third-order valence-electron chi connectivity index (χ3n) is 3.01. The van der Waals surface area contributed by atoms with Gasteiger partial charge in [-0.25, -0.2) is 4.98 Å². The summed E-state index contributed by atoms with van der Waals surface area (Å²) < 4.78 is 0. The fourth-order valence-electron chi connectivity index (χ4n) is 2.08. The van der Waals surface area contributed by atoms with Gasteiger partial charge in [-0.05, 0) is 31.7 Å². The fourth-order valence-corrected chi connectivity index (χ4v) is 3.25. The highest BCUT2D eigenvalue weighted by molar-refractivity contribution is 7.11. The maximum Gasteiger partial charge on any atom is 0.325 e. The van der Waals surface area contributed by atoms with Crippen LogP contribution in [0.25, 0.3) is 0 Å². The molecule has 0 bridgehead atoms. The Labute approximate surface area is 136 Å². The second-order valence-corrected chi connectivity index (χ2v) is 6.81. The average Bonchev–Trinajstić information content (AvgIpc) is 2.79. The number of nitrogens with zero attached hydrogens (tertiary/aromatic N) is 2. The topological polar surface area (TPSA) is 53.4 Å². The van der Waals surface area contributed by atoms with E-state index in [4.69, 9.17) is 23.2 Å². The van der Waals surface area contributed by atoms with Crippen molar-refractivity contribution < 1.29 is 9.90 Å². The summed E-state index contributed by atoms with van der Waals surface area (Å²) in [6.07, 6.45) is 1.77. The number of rotatable bonds is 5. The normalized spacial score (nSPS) is 12.6. The first-order valence-corrected chi connectivity index (χ1v) is 7.75. The monoisotopic (exact) mass is 344 g/mol. The molecule has 0 radical (unpaired) electrons. The Morgan fingerprint density at radius 3 is 2.67 bits per heavy atom. The number of likely N-dealkylation sites (N-methyl/N-ethyl adjacent to an activating group) is 1. The highest BCUT2D eigenvalue weighted by Gasteiger charge is 2.25. The molecule has 2 aromatic rings. The number of thiazole rings is 1. The Kier molecular flexibility index (Phi) is 5.22. The molecular formula is C14H14Cl2N2O2S. The Morgan fingerprint density at radius 1 is 1.43 bits per heavy atom. The van der Waals surface area contributed by atoms with Crippen molar-refractivity contribution in [3.63, 3.8) is 0 Å². The first-order chi connectivity index (χ1) is 9.88. The lowest BCUT2D eigenvalue weighted by molar-refractivity contribution is -0.143. The number of hydrogen-bond acceptors (Lipinski definition) is 4. The summed E-state index contributed by atoms with van der Waals surface area (Å²) in [5.41, 5.74) is 0.598. The quantitative estimate of drug-likeness (QED) is 0.889. The number of carboxylic acid groups (broad SMARTS) is 1. The molecule has 1 unspecified atom stereocenters. The zero-order valence-corrected chi connectivity index (χ0v) is 13.8. The molecule has 0 aliphatic carbocycles. The van der Waals surface area contributed by atoms with Gasteiger partial charge in [0.1, 0.15) is 6.04 Å². The number of aromatic nitrogens is 1. The van der Waals surface area contributed by atoms with E-state index in [1.54, 1.807) is 47.7 Å². The van der Waals surface area contributed by atoms with Crippen molar-refractivity contribution in [2.75, 3.05) is 7.05 Å². The summed E-state index contributed by atoms with van der Waals surface area (Å²) in [6.45, 7) is 2.42. The van der Waals surface area contributed by atoms with Crippen molar-refractivity contribution in [3.05, 3.63) is 49.9 Å². The minimum absolute atomic E-state index is 0.349. The lowest BCUT2D eigenvalue weighted by Gasteiger charge is -2.24. The van der Waals surface area contributed by atoms with Crippen LogP contribution in [-0.4, -0.2) is 28.0 Å². The van der Waals surface area contributed by atoms with Gasteiger partial charge in [-0.1, -0.05) is 29.3 Å². The number of carbonyl (C=O) groups is 1. The second-order valence-electron chi connectivity index (χ2n) is 4.68. The van der Waals surface area contributed by atoms with Gasteiger partial charge in [0.05, 0.1) is 15.1 Å². The number of aliphatic carboxylic acids is 1. The van der Waals surface area contributed by atoms with Gasteiger partial charge in [0.25, 0.3) is 0 Å². The van der Waals surface area contributed by atoms with Crippen LogP contribution in [0.5, 0.6) is 0 Å². The number of benzene rings is 1. The smallest absolute Gasteiger partial charge is 0.325 e. The van der Waals surface area contributed by atoms with Crippen LogP contribution in [-0.2, 0) is 11.3 Å². The zero-order valence-electron chi connectivity index (χ0n) is 11.5.